The van der Waals surface area contributed by atoms with Crippen LogP contribution in [-0.4, -0.2) is 43.3 Å². The molecule has 0 saturated heterocycles. The molecule has 2 atom stereocenters. The van der Waals surface area contributed by atoms with Gasteiger partial charge in [0.1, 0.15) is 12.1 Å². The predicted octanol–water partition coefficient (Wildman–Crippen LogP) is 3.70. The zero-order valence-corrected chi connectivity index (χ0v) is 18.3. The molecule has 0 spiro atoms. The summed E-state index contributed by atoms with van der Waals surface area (Å²) < 4.78 is 10.2. The highest BCUT2D eigenvalue weighted by Gasteiger charge is 2.27. The van der Waals surface area contributed by atoms with Gasteiger partial charge in [0.2, 0.25) is 5.91 Å². The minimum Gasteiger partial charge on any atom is -0.464 e. The standard InChI is InChI=1S/C22H38N2O5/c1-5-9-12-13-17-28-21(26)19(15-11-7-3)23-20(25)18(14-10-6-2)24-22(27)29-16-8-4/h4,18-19H,5-7,9-17H2,1-3H3,(H,23,25)(H,24,27). The smallest absolute Gasteiger partial charge is 0.408 e. The fraction of sp³-hybridized carbons (Fsp3) is 0.773. The Morgan fingerprint density at radius 1 is 0.828 bits per heavy atom. The molecule has 29 heavy (non-hydrogen) atoms. The van der Waals surface area contributed by atoms with E-state index in [0.717, 1.165) is 51.4 Å². The minimum atomic E-state index is -0.790. The van der Waals surface area contributed by atoms with Crippen LogP contribution in [0.25, 0.3) is 0 Å². The van der Waals surface area contributed by atoms with Crippen LogP contribution in [0.1, 0.15) is 85.0 Å². The van der Waals surface area contributed by atoms with E-state index in [1.54, 1.807) is 0 Å². The summed E-state index contributed by atoms with van der Waals surface area (Å²) in [5, 5.41) is 5.28. The van der Waals surface area contributed by atoms with Crippen LogP contribution in [0.2, 0.25) is 0 Å². The fourth-order valence-electron chi connectivity index (χ4n) is 2.70. The van der Waals surface area contributed by atoms with Gasteiger partial charge in [-0.05, 0) is 19.3 Å². The Labute approximate surface area is 175 Å². The highest BCUT2D eigenvalue weighted by molar-refractivity contribution is 5.89. The number of carbonyl (C=O) groups excluding carboxylic acids is 3. The van der Waals surface area contributed by atoms with E-state index in [0.29, 0.717) is 19.4 Å². The third kappa shape index (κ3) is 13.6. The summed E-state index contributed by atoms with van der Waals surface area (Å²) in [6.07, 6.45) is 12.6. The van der Waals surface area contributed by atoms with Gasteiger partial charge in [0.25, 0.3) is 0 Å². The monoisotopic (exact) mass is 410 g/mol. The van der Waals surface area contributed by atoms with Crippen molar-refractivity contribution in [2.24, 2.45) is 0 Å². The van der Waals surface area contributed by atoms with Crippen LogP contribution in [-0.2, 0) is 19.1 Å². The van der Waals surface area contributed by atoms with Crippen molar-refractivity contribution in [3.05, 3.63) is 0 Å². The van der Waals surface area contributed by atoms with Crippen LogP contribution in [0, 0.1) is 12.3 Å². The number of alkyl carbamates (subject to hydrolysis) is 1. The molecule has 0 radical (unpaired) electrons. The molecule has 0 fully saturated rings. The van der Waals surface area contributed by atoms with E-state index in [1.165, 1.54) is 0 Å². The molecule has 2 unspecified atom stereocenters. The second-order valence-electron chi connectivity index (χ2n) is 7.05. The maximum atomic E-state index is 12.7. The van der Waals surface area contributed by atoms with Crippen LogP contribution in [0.5, 0.6) is 0 Å². The van der Waals surface area contributed by atoms with E-state index in [1.807, 2.05) is 13.8 Å². The normalized spacial score (nSPS) is 12.3. The number of nitrogens with one attached hydrogen (secondary N) is 2. The Hall–Kier alpha value is -2.23. The molecular formula is C22H38N2O5. The number of hydrogen-bond donors (Lipinski definition) is 2. The van der Waals surface area contributed by atoms with Gasteiger partial charge < -0.3 is 20.1 Å². The third-order valence-electron chi connectivity index (χ3n) is 4.43. The van der Waals surface area contributed by atoms with E-state index < -0.39 is 30.1 Å². The number of unbranched alkanes of at least 4 members (excludes halogenated alkanes) is 5. The Morgan fingerprint density at radius 2 is 1.45 bits per heavy atom. The summed E-state index contributed by atoms with van der Waals surface area (Å²) in [4.78, 5) is 37.0. The molecule has 0 rings (SSSR count). The molecule has 0 bridgehead atoms. The quantitative estimate of drug-likeness (QED) is 0.230. The molecule has 2 N–H and O–H groups in total. The largest absolute Gasteiger partial charge is 0.464 e. The van der Waals surface area contributed by atoms with Gasteiger partial charge in [0, 0.05) is 0 Å². The van der Waals surface area contributed by atoms with Crippen molar-refractivity contribution >= 4 is 18.0 Å². The van der Waals surface area contributed by atoms with Gasteiger partial charge >= 0.3 is 12.1 Å². The molecule has 0 saturated carbocycles. The number of rotatable bonds is 16. The van der Waals surface area contributed by atoms with Crippen molar-refractivity contribution in [3.63, 3.8) is 0 Å². The zero-order chi connectivity index (χ0) is 21.9. The van der Waals surface area contributed by atoms with Crippen LogP contribution < -0.4 is 10.6 Å². The van der Waals surface area contributed by atoms with Crippen LogP contribution in [0.4, 0.5) is 4.79 Å². The topological polar surface area (TPSA) is 93.7 Å². The van der Waals surface area contributed by atoms with Gasteiger partial charge in [0.05, 0.1) is 6.61 Å². The Bertz CT molecular complexity index is 516. The lowest BCUT2D eigenvalue weighted by Crippen LogP contribution is -2.52. The van der Waals surface area contributed by atoms with Crippen molar-refractivity contribution in [1.29, 1.82) is 0 Å². The molecule has 0 aromatic carbocycles. The van der Waals surface area contributed by atoms with Crippen molar-refractivity contribution in [3.8, 4) is 12.3 Å². The van der Waals surface area contributed by atoms with E-state index in [9.17, 15) is 14.4 Å². The zero-order valence-electron chi connectivity index (χ0n) is 18.3. The number of amides is 2. The Kier molecular flexibility index (Phi) is 16.5. The summed E-state index contributed by atoms with van der Waals surface area (Å²) in [6.45, 7) is 6.31. The van der Waals surface area contributed by atoms with Crippen molar-refractivity contribution < 1.29 is 23.9 Å². The fourth-order valence-corrected chi connectivity index (χ4v) is 2.70. The lowest BCUT2D eigenvalue weighted by molar-refractivity contribution is -0.148. The Morgan fingerprint density at radius 3 is 2.03 bits per heavy atom. The maximum absolute atomic E-state index is 12.7. The number of hydrogen-bond acceptors (Lipinski definition) is 5. The molecule has 2 amide bonds. The average Bonchev–Trinajstić information content (AvgIpc) is 2.71. The lowest BCUT2D eigenvalue weighted by atomic mass is 10.1. The van der Waals surface area contributed by atoms with E-state index in [-0.39, 0.29) is 6.61 Å². The summed E-state index contributed by atoms with van der Waals surface area (Å²) >= 11 is 0. The number of carbonyl (C=O) groups is 3. The van der Waals surface area contributed by atoms with Crippen LogP contribution >= 0.6 is 0 Å². The number of terminal acetylenes is 1. The molecule has 0 aliphatic rings. The predicted molar refractivity (Wildman–Crippen MR) is 113 cm³/mol. The second-order valence-corrected chi connectivity index (χ2v) is 7.05. The van der Waals surface area contributed by atoms with Gasteiger partial charge in [-0.2, -0.15) is 0 Å². The lowest BCUT2D eigenvalue weighted by Gasteiger charge is -2.22. The summed E-state index contributed by atoms with van der Waals surface area (Å²) in [6, 6.07) is -1.51. The second kappa shape index (κ2) is 17.8. The molecule has 0 aliphatic carbocycles. The van der Waals surface area contributed by atoms with Gasteiger partial charge in [0.15, 0.2) is 6.61 Å². The van der Waals surface area contributed by atoms with Crippen LogP contribution in [0.3, 0.4) is 0 Å². The first-order chi connectivity index (χ1) is 14.0. The molecule has 7 nitrogen and oxygen atoms in total. The third-order valence-corrected chi connectivity index (χ3v) is 4.43. The summed E-state index contributed by atoms with van der Waals surface area (Å²) in [5.41, 5.74) is 0. The van der Waals surface area contributed by atoms with E-state index in [4.69, 9.17) is 15.9 Å². The molecular weight excluding hydrogens is 372 g/mol. The van der Waals surface area contributed by atoms with Crippen molar-refractivity contribution in [2.45, 2.75) is 97.1 Å². The van der Waals surface area contributed by atoms with Gasteiger partial charge in [-0.15, -0.1) is 6.42 Å². The molecule has 7 heteroatoms. The van der Waals surface area contributed by atoms with Crippen molar-refractivity contribution in [1.82, 2.24) is 10.6 Å². The molecule has 0 aliphatic heterocycles. The molecule has 0 aromatic rings. The first-order valence-corrected chi connectivity index (χ1v) is 10.8. The first-order valence-electron chi connectivity index (χ1n) is 10.8. The van der Waals surface area contributed by atoms with Gasteiger partial charge in [-0.25, -0.2) is 9.59 Å². The SMILES string of the molecule is C#CCOC(=O)NC(CCCC)C(=O)NC(CCCC)C(=O)OCCCCCC. The summed E-state index contributed by atoms with van der Waals surface area (Å²) in [5.74, 6) is 1.36. The molecule has 0 heterocycles. The van der Waals surface area contributed by atoms with Gasteiger partial charge in [-0.1, -0.05) is 71.6 Å². The maximum Gasteiger partial charge on any atom is 0.408 e. The average molecular weight is 411 g/mol. The van der Waals surface area contributed by atoms with Gasteiger partial charge in [-0.3, -0.25) is 4.79 Å². The highest BCUT2D eigenvalue weighted by Crippen LogP contribution is 2.08. The van der Waals surface area contributed by atoms with E-state index >= 15 is 0 Å². The molecule has 0 aromatic heterocycles. The summed E-state index contributed by atoms with van der Waals surface area (Å²) in [7, 11) is 0. The van der Waals surface area contributed by atoms with Crippen molar-refractivity contribution in [2.75, 3.05) is 13.2 Å². The Balaban J connectivity index is 4.85. The number of ether oxygens (including phenoxy) is 2. The van der Waals surface area contributed by atoms with E-state index in [2.05, 4.69) is 23.5 Å². The highest BCUT2D eigenvalue weighted by atomic mass is 16.5. The minimum absolute atomic E-state index is 0.169. The molecule has 166 valence electrons. The number of esters is 1. The van der Waals surface area contributed by atoms with Crippen LogP contribution in [0.15, 0.2) is 0 Å². The first kappa shape index (κ1) is 26.8.